The Kier molecular flexibility index (Phi) is 5.81. The molecule has 0 bridgehead atoms. The number of carbonyl (C=O) groups is 1. The highest BCUT2D eigenvalue weighted by Crippen LogP contribution is 2.33. The second-order valence-electron chi connectivity index (χ2n) is 7.12. The van der Waals surface area contributed by atoms with Crippen molar-refractivity contribution in [1.82, 2.24) is 9.99 Å². The Bertz CT molecular complexity index is 1370. The number of aromatic nitrogens is 1. The number of nitro groups is 1. The van der Waals surface area contributed by atoms with E-state index in [0.29, 0.717) is 5.39 Å². The summed E-state index contributed by atoms with van der Waals surface area (Å²) < 4.78 is 17.9. The second kappa shape index (κ2) is 8.87. The van der Waals surface area contributed by atoms with Gasteiger partial charge in [0.05, 0.1) is 31.4 Å². The molecule has 0 spiro atoms. The fraction of sp³-hybridized carbons (Fsp3) is 0.130. The number of amides is 1. The molecule has 1 amide bonds. The maximum absolute atomic E-state index is 12.5. The van der Waals surface area contributed by atoms with Crippen molar-refractivity contribution in [1.29, 1.82) is 0 Å². The number of nitrogens with one attached hydrogen (secondary N) is 1. The van der Waals surface area contributed by atoms with Gasteiger partial charge in [-0.15, -0.1) is 0 Å². The lowest BCUT2D eigenvalue weighted by atomic mass is 10.2. The molecule has 10 nitrogen and oxygen atoms in total. The van der Waals surface area contributed by atoms with E-state index in [1.807, 2.05) is 48.0 Å². The normalized spacial score (nSPS) is 11.1. The third kappa shape index (κ3) is 4.40. The number of furan rings is 1. The number of fused-ring (bicyclic) bond motifs is 1. The summed E-state index contributed by atoms with van der Waals surface area (Å²) in [5, 5.41) is 15.5. The molecule has 0 unspecified atom stereocenters. The van der Waals surface area contributed by atoms with Crippen LogP contribution in [0.2, 0.25) is 0 Å². The molecular formula is C23H20N4O6. The van der Waals surface area contributed by atoms with Crippen LogP contribution < -0.4 is 14.9 Å². The number of ether oxygens (including phenoxy) is 2. The van der Waals surface area contributed by atoms with Crippen molar-refractivity contribution in [3.8, 4) is 17.2 Å². The predicted octanol–water partition coefficient (Wildman–Crippen LogP) is 4.22. The largest absolute Gasteiger partial charge is 0.497 e. The SMILES string of the molecule is COc1ccc(-n2cc(/C=N\NC(=O)c3cc4cc([N+](=O)[O-])cc(OC)c4o3)cc2C)cc1. The van der Waals surface area contributed by atoms with Gasteiger partial charge >= 0.3 is 5.91 Å². The summed E-state index contributed by atoms with van der Waals surface area (Å²) in [5.74, 6) is 0.286. The van der Waals surface area contributed by atoms with Gasteiger partial charge in [0.2, 0.25) is 0 Å². The lowest BCUT2D eigenvalue weighted by molar-refractivity contribution is -0.384. The molecule has 1 N–H and O–H groups in total. The van der Waals surface area contributed by atoms with Crippen LogP contribution in [0.15, 0.2) is 64.2 Å². The molecule has 2 aromatic carbocycles. The topological polar surface area (TPSA) is 121 Å². The molecule has 4 rings (SSSR count). The number of carbonyl (C=O) groups excluding carboxylic acids is 1. The van der Waals surface area contributed by atoms with Crippen LogP contribution in [-0.2, 0) is 0 Å². The fourth-order valence-corrected chi connectivity index (χ4v) is 3.39. The molecule has 33 heavy (non-hydrogen) atoms. The van der Waals surface area contributed by atoms with Crippen molar-refractivity contribution < 1.29 is 23.6 Å². The van der Waals surface area contributed by atoms with Crippen LogP contribution >= 0.6 is 0 Å². The van der Waals surface area contributed by atoms with E-state index >= 15 is 0 Å². The predicted molar refractivity (Wildman–Crippen MR) is 122 cm³/mol. The molecule has 4 aromatic rings. The van der Waals surface area contributed by atoms with Gasteiger partial charge < -0.3 is 18.5 Å². The van der Waals surface area contributed by atoms with E-state index in [0.717, 1.165) is 22.7 Å². The maximum Gasteiger partial charge on any atom is 0.307 e. The molecule has 10 heteroatoms. The molecule has 2 aromatic heterocycles. The molecule has 0 saturated heterocycles. The summed E-state index contributed by atoms with van der Waals surface area (Å²) in [5.41, 5.74) is 5.21. The number of nitro benzene ring substituents is 1. The Morgan fingerprint density at radius 2 is 1.91 bits per heavy atom. The number of nitrogens with zero attached hydrogens (tertiary/aromatic N) is 3. The van der Waals surface area contributed by atoms with Crippen LogP contribution in [0.25, 0.3) is 16.7 Å². The minimum atomic E-state index is -0.599. The minimum Gasteiger partial charge on any atom is -0.497 e. The van der Waals surface area contributed by atoms with Crippen LogP contribution in [0.4, 0.5) is 5.69 Å². The second-order valence-corrected chi connectivity index (χ2v) is 7.12. The van der Waals surface area contributed by atoms with Gasteiger partial charge in [-0.05, 0) is 43.3 Å². The lowest BCUT2D eigenvalue weighted by Gasteiger charge is -2.06. The smallest absolute Gasteiger partial charge is 0.307 e. The first kappa shape index (κ1) is 21.6. The first-order valence-corrected chi connectivity index (χ1v) is 9.82. The molecule has 0 aliphatic heterocycles. The van der Waals surface area contributed by atoms with Crippen LogP contribution in [0, 0.1) is 17.0 Å². The van der Waals surface area contributed by atoms with E-state index in [1.54, 1.807) is 7.11 Å². The van der Waals surface area contributed by atoms with Gasteiger partial charge in [-0.25, -0.2) is 5.43 Å². The molecule has 168 valence electrons. The number of aryl methyl sites for hydroxylation is 1. The summed E-state index contributed by atoms with van der Waals surface area (Å²) in [6.07, 6.45) is 3.40. The average Bonchev–Trinajstić information content (AvgIpc) is 3.41. The molecule has 0 aliphatic carbocycles. The molecule has 0 radical (unpaired) electrons. The Morgan fingerprint density at radius 1 is 1.15 bits per heavy atom. The van der Waals surface area contributed by atoms with Gasteiger partial charge in [-0.3, -0.25) is 14.9 Å². The number of non-ortho nitro benzene ring substituents is 1. The van der Waals surface area contributed by atoms with Gasteiger partial charge in [0.25, 0.3) is 5.69 Å². The zero-order valence-electron chi connectivity index (χ0n) is 18.1. The molecule has 0 fully saturated rings. The first-order chi connectivity index (χ1) is 15.9. The van der Waals surface area contributed by atoms with Gasteiger partial charge in [0.15, 0.2) is 17.1 Å². The van der Waals surface area contributed by atoms with Gasteiger partial charge in [-0.2, -0.15) is 5.10 Å². The highest BCUT2D eigenvalue weighted by Gasteiger charge is 2.19. The quantitative estimate of drug-likeness (QED) is 0.257. The van der Waals surface area contributed by atoms with Crippen molar-refractivity contribution in [2.75, 3.05) is 14.2 Å². The molecule has 0 aliphatic rings. The van der Waals surface area contributed by atoms with E-state index in [-0.39, 0.29) is 22.8 Å². The molecular weight excluding hydrogens is 428 g/mol. The Morgan fingerprint density at radius 3 is 2.58 bits per heavy atom. The third-order valence-corrected chi connectivity index (χ3v) is 4.99. The first-order valence-electron chi connectivity index (χ1n) is 9.82. The maximum atomic E-state index is 12.5. The van der Waals surface area contributed by atoms with E-state index in [9.17, 15) is 14.9 Å². The lowest BCUT2D eigenvalue weighted by Crippen LogP contribution is -2.16. The van der Waals surface area contributed by atoms with Crippen LogP contribution in [0.1, 0.15) is 21.8 Å². The third-order valence-electron chi connectivity index (χ3n) is 4.99. The fourth-order valence-electron chi connectivity index (χ4n) is 3.39. The highest BCUT2D eigenvalue weighted by molar-refractivity contribution is 5.98. The minimum absolute atomic E-state index is 0.0482. The molecule has 2 heterocycles. The molecule has 0 saturated carbocycles. The summed E-state index contributed by atoms with van der Waals surface area (Å²) in [6, 6.07) is 13.5. The Hall–Kier alpha value is -4.60. The average molecular weight is 448 g/mol. The number of benzene rings is 2. The Balaban J connectivity index is 1.50. The van der Waals surface area contributed by atoms with Gasteiger partial charge in [0, 0.05) is 34.6 Å². The summed E-state index contributed by atoms with van der Waals surface area (Å²) in [6.45, 7) is 1.96. The van der Waals surface area contributed by atoms with Gasteiger partial charge in [-0.1, -0.05) is 0 Å². The van der Waals surface area contributed by atoms with Crippen LogP contribution in [0.3, 0.4) is 0 Å². The van der Waals surface area contributed by atoms with Crippen LogP contribution in [-0.4, -0.2) is 35.8 Å². The summed E-state index contributed by atoms with van der Waals surface area (Å²) in [7, 11) is 2.98. The van der Waals surface area contributed by atoms with Crippen molar-refractivity contribution in [2.45, 2.75) is 6.92 Å². The summed E-state index contributed by atoms with van der Waals surface area (Å²) in [4.78, 5) is 23.0. The summed E-state index contributed by atoms with van der Waals surface area (Å²) >= 11 is 0. The van der Waals surface area contributed by atoms with Crippen LogP contribution in [0.5, 0.6) is 11.5 Å². The number of hydrogen-bond donors (Lipinski definition) is 1. The van der Waals surface area contributed by atoms with Gasteiger partial charge in [0.1, 0.15) is 5.75 Å². The highest BCUT2D eigenvalue weighted by atomic mass is 16.6. The molecule has 0 atom stereocenters. The standard InChI is InChI=1S/C23H20N4O6/c1-14-8-15(13-26(14)17-4-6-19(31-2)7-5-17)12-24-25-23(28)21-10-16-9-18(27(29)30)11-20(32-3)22(16)33-21/h4-13H,1-3H3,(H,25,28)/b24-12-. The monoisotopic (exact) mass is 448 g/mol. The Labute approximate surface area is 188 Å². The number of hydrogen-bond acceptors (Lipinski definition) is 7. The zero-order valence-corrected chi connectivity index (χ0v) is 18.1. The van der Waals surface area contributed by atoms with Crippen molar-refractivity contribution in [3.63, 3.8) is 0 Å². The van der Waals surface area contributed by atoms with E-state index in [1.165, 1.54) is 31.5 Å². The van der Waals surface area contributed by atoms with E-state index in [2.05, 4.69) is 10.5 Å². The zero-order chi connectivity index (χ0) is 23.5. The van der Waals surface area contributed by atoms with Crippen molar-refractivity contribution in [3.05, 3.63) is 81.9 Å². The van der Waals surface area contributed by atoms with E-state index < -0.39 is 10.8 Å². The van der Waals surface area contributed by atoms with Crippen molar-refractivity contribution in [2.24, 2.45) is 5.10 Å². The number of hydrazone groups is 1. The number of methoxy groups -OCH3 is 2. The van der Waals surface area contributed by atoms with Crippen molar-refractivity contribution >= 4 is 28.8 Å². The number of rotatable bonds is 7. The van der Waals surface area contributed by atoms with E-state index in [4.69, 9.17) is 13.9 Å².